The minimum atomic E-state index is 0.402. The van der Waals surface area contributed by atoms with Crippen molar-refractivity contribution in [3.8, 4) is 0 Å². The lowest BCUT2D eigenvalue weighted by Crippen LogP contribution is -2.27. The van der Waals surface area contributed by atoms with Crippen LogP contribution < -0.4 is 11.5 Å². The maximum atomic E-state index is 6.06. The zero-order valence-electron chi connectivity index (χ0n) is 23.0. The number of benzene rings is 2. The van der Waals surface area contributed by atoms with Gasteiger partial charge in [-0.2, -0.15) is 0 Å². The van der Waals surface area contributed by atoms with E-state index < -0.39 is 0 Å². The van der Waals surface area contributed by atoms with Crippen LogP contribution in [0, 0.1) is 35.5 Å². The number of hydrogen-bond acceptors (Lipinski definition) is 2. The van der Waals surface area contributed by atoms with Gasteiger partial charge in [-0.1, -0.05) is 63.6 Å². The largest absolute Gasteiger partial charge is 0.399 e. The molecular formula is C34H50N2. The summed E-state index contributed by atoms with van der Waals surface area (Å²) in [6, 6.07) is 17.3. The number of rotatable bonds is 9. The first-order valence-electron chi connectivity index (χ1n) is 14.8. The van der Waals surface area contributed by atoms with Crippen LogP contribution >= 0.6 is 0 Å². The Labute approximate surface area is 220 Å². The summed E-state index contributed by atoms with van der Waals surface area (Å²) in [6.07, 6.45) is 18.8. The van der Waals surface area contributed by atoms with Gasteiger partial charge in [-0.25, -0.2) is 0 Å². The number of hydrogen-bond donors (Lipinski definition) is 2. The standard InChI is InChI=1S/C34H50N2/c1-4-5-33(34(29-16-20-31(35)21-17-29)30-18-22-32(36)23-19-30)28-14-10-26(11-15-28)7-6-25-8-12-27(13-9-25)24(2)3/h6-7,16-28,33-34H,4-5,8-15,35-36H2,1-3H3/b7-6+. The molecule has 0 aromatic heterocycles. The molecule has 0 bridgehead atoms. The molecule has 4 N–H and O–H groups in total. The van der Waals surface area contributed by atoms with E-state index in [1.807, 2.05) is 0 Å². The molecule has 196 valence electrons. The Morgan fingerprint density at radius 1 is 0.667 bits per heavy atom. The summed E-state index contributed by atoms with van der Waals surface area (Å²) in [7, 11) is 0. The molecular weight excluding hydrogens is 436 g/mol. The van der Waals surface area contributed by atoms with Crippen LogP contribution in [0.2, 0.25) is 0 Å². The van der Waals surface area contributed by atoms with E-state index in [-0.39, 0.29) is 0 Å². The highest BCUT2D eigenvalue weighted by Crippen LogP contribution is 2.46. The van der Waals surface area contributed by atoms with Crippen molar-refractivity contribution >= 4 is 11.4 Å². The predicted molar refractivity (Wildman–Crippen MR) is 157 cm³/mol. The highest BCUT2D eigenvalue weighted by molar-refractivity contribution is 5.46. The minimum Gasteiger partial charge on any atom is -0.399 e. The van der Waals surface area contributed by atoms with E-state index in [2.05, 4.69) is 81.5 Å². The minimum absolute atomic E-state index is 0.402. The Balaban J connectivity index is 1.43. The van der Waals surface area contributed by atoms with Gasteiger partial charge < -0.3 is 11.5 Å². The van der Waals surface area contributed by atoms with Crippen LogP contribution in [0.25, 0.3) is 0 Å². The van der Waals surface area contributed by atoms with Gasteiger partial charge in [0.15, 0.2) is 0 Å². The molecule has 0 amide bonds. The lowest BCUT2D eigenvalue weighted by molar-refractivity contribution is 0.195. The molecule has 4 rings (SSSR count). The fraction of sp³-hybridized carbons (Fsp3) is 0.588. The van der Waals surface area contributed by atoms with Crippen molar-refractivity contribution in [2.24, 2.45) is 35.5 Å². The van der Waals surface area contributed by atoms with Gasteiger partial charge in [-0.05, 0) is 129 Å². The molecule has 0 radical (unpaired) electrons. The third kappa shape index (κ3) is 6.96. The zero-order chi connectivity index (χ0) is 25.5. The third-order valence-electron chi connectivity index (χ3n) is 9.48. The topological polar surface area (TPSA) is 52.0 Å². The van der Waals surface area contributed by atoms with Crippen LogP contribution in [0.3, 0.4) is 0 Å². The molecule has 1 unspecified atom stereocenters. The Hall–Kier alpha value is -2.22. The van der Waals surface area contributed by atoms with Crippen LogP contribution in [0.5, 0.6) is 0 Å². The smallest absolute Gasteiger partial charge is 0.0314 e. The molecule has 0 aliphatic heterocycles. The molecule has 2 fully saturated rings. The van der Waals surface area contributed by atoms with E-state index in [1.165, 1.54) is 75.3 Å². The molecule has 2 aromatic rings. The van der Waals surface area contributed by atoms with E-state index in [0.29, 0.717) is 11.8 Å². The van der Waals surface area contributed by atoms with Crippen LogP contribution in [0.15, 0.2) is 60.7 Å². The van der Waals surface area contributed by atoms with Crippen molar-refractivity contribution in [3.05, 3.63) is 71.8 Å². The van der Waals surface area contributed by atoms with Crippen LogP contribution in [0.1, 0.15) is 102 Å². The molecule has 1 atom stereocenters. The van der Waals surface area contributed by atoms with Crippen molar-refractivity contribution in [2.45, 2.75) is 90.9 Å². The highest BCUT2D eigenvalue weighted by atomic mass is 14.5. The van der Waals surface area contributed by atoms with Crippen LogP contribution in [0.4, 0.5) is 11.4 Å². The van der Waals surface area contributed by atoms with Crippen molar-refractivity contribution in [1.82, 2.24) is 0 Å². The summed E-state index contributed by atoms with van der Waals surface area (Å²) in [5, 5.41) is 0. The molecule has 0 saturated heterocycles. The number of anilines is 2. The van der Waals surface area contributed by atoms with Gasteiger partial charge in [0, 0.05) is 17.3 Å². The fourth-order valence-corrected chi connectivity index (χ4v) is 7.19. The second-order valence-corrected chi connectivity index (χ2v) is 12.2. The molecule has 2 aliphatic carbocycles. The Morgan fingerprint density at radius 2 is 1.08 bits per heavy atom. The van der Waals surface area contributed by atoms with Gasteiger partial charge >= 0.3 is 0 Å². The summed E-state index contributed by atoms with van der Waals surface area (Å²) in [6.45, 7) is 7.14. The Kier molecular flexibility index (Phi) is 9.57. The van der Waals surface area contributed by atoms with E-state index >= 15 is 0 Å². The quantitative estimate of drug-likeness (QED) is 0.274. The Morgan fingerprint density at radius 3 is 1.47 bits per heavy atom. The summed E-state index contributed by atoms with van der Waals surface area (Å²) in [5.41, 5.74) is 16.6. The van der Waals surface area contributed by atoms with Gasteiger partial charge in [0.25, 0.3) is 0 Å². The number of nitrogens with two attached hydrogens (primary N) is 2. The highest BCUT2D eigenvalue weighted by Gasteiger charge is 2.33. The van der Waals surface area contributed by atoms with Gasteiger partial charge in [0.2, 0.25) is 0 Å². The molecule has 0 spiro atoms. The second kappa shape index (κ2) is 12.8. The summed E-state index contributed by atoms with van der Waals surface area (Å²) >= 11 is 0. The monoisotopic (exact) mass is 486 g/mol. The van der Waals surface area contributed by atoms with E-state index in [0.717, 1.165) is 41.0 Å². The average Bonchev–Trinajstić information content (AvgIpc) is 2.90. The predicted octanol–water partition coefficient (Wildman–Crippen LogP) is 9.22. The van der Waals surface area contributed by atoms with Crippen LogP contribution in [-0.2, 0) is 0 Å². The SMILES string of the molecule is CCCC(C1CCC(/C=C/C2CCC(C(C)C)CC2)CC1)C(c1ccc(N)cc1)c1ccc(N)cc1. The van der Waals surface area contributed by atoms with Gasteiger partial charge in [0.1, 0.15) is 0 Å². The van der Waals surface area contributed by atoms with E-state index in [1.54, 1.807) is 0 Å². The molecule has 2 saturated carbocycles. The van der Waals surface area contributed by atoms with Crippen LogP contribution in [-0.4, -0.2) is 0 Å². The Bertz CT molecular complexity index is 881. The normalized spacial score (nSPS) is 26.0. The molecule has 36 heavy (non-hydrogen) atoms. The second-order valence-electron chi connectivity index (χ2n) is 12.2. The molecule has 2 nitrogen and oxygen atoms in total. The maximum Gasteiger partial charge on any atom is 0.0314 e. The molecule has 0 heterocycles. The number of allylic oxidation sites excluding steroid dienone is 2. The summed E-state index contributed by atoms with van der Waals surface area (Å²) in [4.78, 5) is 0. The van der Waals surface area contributed by atoms with Crippen molar-refractivity contribution in [1.29, 1.82) is 0 Å². The zero-order valence-corrected chi connectivity index (χ0v) is 23.0. The maximum absolute atomic E-state index is 6.06. The lowest BCUT2D eigenvalue weighted by Gasteiger charge is -2.38. The first-order chi connectivity index (χ1) is 17.4. The fourth-order valence-electron chi connectivity index (χ4n) is 7.19. The summed E-state index contributed by atoms with van der Waals surface area (Å²) < 4.78 is 0. The summed E-state index contributed by atoms with van der Waals surface area (Å²) in [5.74, 6) is 5.24. The first-order valence-corrected chi connectivity index (χ1v) is 14.8. The third-order valence-corrected chi connectivity index (χ3v) is 9.48. The first kappa shape index (κ1) is 26.8. The molecule has 2 heteroatoms. The van der Waals surface area contributed by atoms with Crippen molar-refractivity contribution < 1.29 is 0 Å². The van der Waals surface area contributed by atoms with Gasteiger partial charge in [-0.3, -0.25) is 0 Å². The van der Waals surface area contributed by atoms with Crippen molar-refractivity contribution in [3.63, 3.8) is 0 Å². The lowest BCUT2D eigenvalue weighted by atomic mass is 9.66. The van der Waals surface area contributed by atoms with Gasteiger partial charge in [0.05, 0.1) is 0 Å². The van der Waals surface area contributed by atoms with Crippen molar-refractivity contribution in [2.75, 3.05) is 11.5 Å². The van der Waals surface area contributed by atoms with E-state index in [9.17, 15) is 0 Å². The number of nitrogen functional groups attached to an aromatic ring is 2. The average molecular weight is 487 g/mol. The molecule has 2 aromatic carbocycles. The van der Waals surface area contributed by atoms with E-state index in [4.69, 9.17) is 11.5 Å². The van der Waals surface area contributed by atoms with Gasteiger partial charge in [-0.15, -0.1) is 0 Å². The molecule has 2 aliphatic rings.